The summed E-state index contributed by atoms with van der Waals surface area (Å²) in [5.41, 5.74) is 0.596. The van der Waals surface area contributed by atoms with E-state index >= 15 is 4.39 Å². The van der Waals surface area contributed by atoms with Crippen LogP contribution in [0.15, 0.2) is 97.1 Å². The second kappa shape index (κ2) is 9.78. The predicted octanol–water partition coefficient (Wildman–Crippen LogP) is 6.11. The molecule has 0 fully saturated rings. The van der Waals surface area contributed by atoms with Crippen molar-refractivity contribution in [1.29, 1.82) is 0 Å². The molecule has 0 heterocycles. The first kappa shape index (κ1) is 21.8. The first-order chi connectivity index (χ1) is 16.1. The van der Waals surface area contributed by atoms with Crippen molar-refractivity contribution in [3.8, 4) is 17.2 Å². The summed E-state index contributed by atoms with van der Waals surface area (Å²) >= 11 is 0. The third-order valence-corrected chi connectivity index (χ3v) is 4.93. The molecule has 0 radical (unpaired) electrons. The Morgan fingerprint density at radius 1 is 0.727 bits per heavy atom. The number of halogens is 1. The zero-order chi connectivity index (χ0) is 23.2. The fourth-order valence-electron chi connectivity index (χ4n) is 3.23. The summed E-state index contributed by atoms with van der Waals surface area (Å²) in [4.78, 5) is 25.9. The maximum absolute atomic E-state index is 15.6. The highest BCUT2D eigenvalue weighted by Gasteiger charge is 2.24. The molecule has 0 aliphatic heterocycles. The van der Waals surface area contributed by atoms with Crippen molar-refractivity contribution >= 4 is 17.4 Å². The van der Waals surface area contributed by atoms with E-state index in [0.717, 1.165) is 0 Å². The van der Waals surface area contributed by atoms with Gasteiger partial charge in [0.1, 0.15) is 11.5 Å². The van der Waals surface area contributed by atoms with Gasteiger partial charge in [-0.3, -0.25) is 9.59 Å². The molecule has 0 unspecified atom stereocenters. The molecule has 0 saturated carbocycles. The molecule has 33 heavy (non-hydrogen) atoms. The van der Waals surface area contributed by atoms with Gasteiger partial charge in [-0.15, -0.1) is 0 Å². The van der Waals surface area contributed by atoms with Gasteiger partial charge in [-0.05, 0) is 48.5 Å². The second-order valence-corrected chi connectivity index (χ2v) is 7.10. The zero-order valence-electron chi connectivity index (χ0n) is 17.7. The van der Waals surface area contributed by atoms with Crippen LogP contribution in [-0.4, -0.2) is 18.8 Å². The summed E-state index contributed by atoms with van der Waals surface area (Å²) in [5.74, 6) is -1.35. The molecule has 1 N–H and O–H groups in total. The maximum atomic E-state index is 15.6. The van der Waals surface area contributed by atoms with Crippen molar-refractivity contribution in [2.45, 2.75) is 0 Å². The van der Waals surface area contributed by atoms with Gasteiger partial charge in [0, 0.05) is 11.3 Å². The molecule has 4 aromatic carbocycles. The Labute approximate surface area is 190 Å². The number of benzene rings is 4. The molecular formula is C27H20FNO4. The van der Waals surface area contributed by atoms with E-state index in [1.807, 2.05) is 0 Å². The minimum absolute atomic E-state index is 0.0446. The van der Waals surface area contributed by atoms with E-state index in [2.05, 4.69) is 5.32 Å². The lowest BCUT2D eigenvalue weighted by molar-refractivity contribution is 0.101. The number of carbonyl (C=O) groups excluding carboxylic acids is 2. The SMILES string of the molecule is COc1ccc(NC(=O)c2ccc(C(=O)c3ccccc3)c(F)c2Oc2ccccc2)cc1. The van der Waals surface area contributed by atoms with Crippen LogP contribution in [0, 0.1) is 5.82 Å². The fraction of sp³-hybridized carbons (Fsp3) is 0.0370. The summed E-state index contributed by atoms with van der Waals surface area (Å²) in [5, 5.41) is 2.72. The summed E-state index contributed by atoms with van der Waals surface area (Å²) in [6.07, 6.45) is 0. The number of ketones is 1. The smallest absolute Gasteiger partial charge is 0.259 e. The average Bonchev–Trinajstić information content (AvgIpc) is 2.86. The molecular weight excluding hydrogens is 421 g/mol. The number of anilines is 1. The van der Waals surface area contributed by atoms with E-state index < -0.39 is 17.5 Å². The minimum atomic E-state index is -0.907. The van der Waals surface area contributed by atoms with E-state index in [9.17, 15) is 9.59 Å². The van der Waals surface area contributed by atoms with Crippen LogP contribution in [0.2, 0.25) is 0 Å². The van der Waals surface area contributed by atoms with Gasteiger partial charge in [0.2, 0.25) is 0 Å². The highest BCUT2D eigenvalue weighted by molar-refractivity contribution is 6.11. The van der Waals surface area contributed by atoms with E-state index in [1.165, 1.54) is 12.1 Å². The highest BCUT2D eigenvalue weighted by Crippen LogP contribution is 2.32. The van der Waals surface area contributed by atoms with Crippen LogP contribution >= 0.6 is 0 Å². The molecule has 4 rings (SSSR count). The van der Waals surface area contributed by atoms with Crippen molar-refractivity contribution in [1.82, 2.24) is 0 Å². The van der Waals surface area contributed by atoms with Crippen LogP contribution in [0.25, 0.3) is 0 Å². The monoisotopic (exact) mass is 441 g/mol. The van der Waals surface area contributed by atoms with Crippen molar-refractivity contribution in [2.24, 2.45) is 0 Å². The molecule has 0 aliphatic rings. The Balaban J connectivity index is 1.72. The van der Waals surface area contributed by atoms with Crippen LogP contribution in [0.5, 0.6) is 17.2 Å². The normalized spacial score (nSPS) is 10.4. The van der Waals surface area contributed by atoms with Crippen LogP contribution in [0.3, 0.4) is 0 Å². The van der Waals surface area contributed by atoms with E-state index in [4.69, 9.17) is 9.47 Å². The lowest BCUT2D eigenvalue weighted by atomic mass is 10.00. The number of nitrogens with one attached hydrogen (secondary N) is 1. The predicted molar refractivity (Wildman–Crippen MR) is 124 cm³/mol. The Bertz CT molecular complexity index is 1270. The van der Waals surface area contributed by atoms with Gasteiger partial charge in [-0.2, -0.15) is 0 Å². The third kappa shape index (κ3) is 4.91. The molecule has 0 bridgehead atoms. The van der Waals surface area contributed by atoms with Crippen LogP contribution < -0.4 is 14.8 Å². The number of hydrogen-bond acceptors (Lipinski definition) is 4. The van der Waals surface area contributed by atoms with Gasteiger partial charge in [-0.25, -0.2) is 4.39 Å². The van der Waals surface area contributed by atoms with Crippen LogP contribution in [0.1, 0.15) is 26.3 Å². The van der Waals surface area contributed by atoms with E-state index in [0.29, 0.717) is 22.7 Å². The van der Waals surface area contributed by atoms with Crippen LogP contribution in [-0.2, 0) is 0 Å². The summed E-state index contributed by atoms with van der Waals surface area (Å²) in [7, 11) is 1.54. The van der Waals surface area contributed by atoms with Gasteiger partial charge in [0.25, 0.3) is 5.91 Å². The Morgan fingerprint density at radius 2 is 1.33 bits per heavy atom. The summed E-state index contributed by atoms with van der Waals surface area (Å²) < 4.78 is 26.5. The quantitative estimate of drug-likeness (QED) is 0.352. The molecule has 6 heteroatoms. The molecule has 0 aliphatic carbocycles. The van der Waals surface area contributed by atoms with E-state index in [1.54, 1.807) is 92.0 Å². The number of para-hydroxylation sites is 1. The number of carbonyl (C=O) groups is 2. The molecule has 1 amide bonds. The van der Waals surface area contributed by atoms with Crippen LogP contribution in [0.4, 0.5) is 10.1 Å². The first-order valence-electron chi connectivity index (χ1n) is 10.2. The van der Waals surface area contributed by atoms with Gasteiger partial charge in [-0.1, -0.05) is 48.5 Å². The molecule has 164 valence electrons. The Morgan fingerprint density at radius 3 is 1.97 bits per heavy atom. The lowest BCUT2D eigenvalue weighted by Gasteiger charge is -2.15. The largest absolute Gasteiger partial charge is 0.497 e. The summed E-state index contributed by atoms with van der Waals surface area (Å²) in [6, 6.07) is 26.3. The molecule has 0 saturated heterocycles. The lowest BCUT2D eigenvalue weighted by Crippen LogP contribution is -2.15. The topological polar surface area (TPSA) is 64.6 Å². The molecule has 5 nitrogen and oxygen atoms in total. The fourth-order valence-corrected chi connectivity index (χ4v) is 3.23. The number of hydrogen-bond donors (Lipinski definition) is 1. The van der Waals surface area contributed by atoms with Crippen molar-refractivity contribution < 1.29 is 23.5 Å². The van der Waals surface area contributed by atoms with Gasteiger partial charge < -0.3 is 14.8 Å². The van der Waals surface area contributed by atoms with E-state index in [-0.39, 0.29) is 16.9 Å². The number of ether oxygens (including phenoxy) is 2. The minimum Gasteiger partial charge on any atom is -0.497 e. The zero-order valence-corrected chi connectivity index (χ0v) is 17.7. The molecule has 0 spiro atoms. The highest BCUT2D eigenvalue weighted by atomic mass is 19.1. The summed E-state index contributed by atoms with van der Waals surface area (Å²) in [6.45, 7) is 0. The van der Waals surface area contributed by atoms with Crippen molar-refractivity contribution in [3.05, 3.63) is 120 Å². The van der Waals surface area contributed by atoms with Gasteiger partial charge in [0.05, 0.1) is 18.2 Å². The third-order valence-electron chi connectivity index (χ3n) is 4.93. The standard InChI is InChI=1S/C27H20FNO4/c1-32-20-14-12-19(13-15-20)29-27(31)23-17-16-22(25(30)18-8-4-2-5-9-18)24(28)26(23)33-21-10-6-3-7-11-21/h2-17H,1H3,(H,29,31). The number of amides is 1. The Hall–Kier alpha value is -4.45. The van der Waals surface area contributed by atoms with Gasteiger partial charge in [0.15, 0.2) is 17.3 Å². The second-order valence-electron chi connectivity index (χ2n) is 7.10. The van der Waals surface area contributed by atoms with Crippen molar-refractivity contribution in [2.75, 3.05) is 12.4 Å². The Kier molecular flexibility index (Phi) is 6.45. The molecule has 0 atom stereocenters. The molecule has 4 aromatic rings. The maximum Gasteiger partial charge on any atom is 0.259 e. The van der Waals surface area contributed by atoms with Gasteiger partial charge >= 0.3 is 0 Å². The number of rotatable bonds is 7. The average molecular weight is 441 g/mol. The van der Waals surface area contributed by atoms with Crippen molar-refractivity contribution in [3.63, 3.8) is 0 Å². The molecule has 0 aromatic heterocycles. The number of methoxy groups -OCH3 is 1. The first-order valence-corrected chi connectivity index (χ1v) is 10.2.